The highest BCUT2D eigenvalue weighted by Gasteiger charge is 2.51. The molecule has 0 aromatic heterocycles. The summed E-state index contributed by atoms with van der Waals surface area (Å²) in [6.45, 7) is 4.66. The van der Waals surface area contributed by atoms with Crippen LogP contribution in [0.4, 0.5) is 0 Å². The van der Waals surface area contributed by atoms with Crippen LogP contribution in [0.2, 0.25) is 0 Å². The number of unbranched alkanes of at least 4 members (excludes halogenated alkanes) is 3. The zero-order chi connectivity index (χ0) is 23.4. The largest absolute Gasteiger partial charge is 0.395 e. The molecule has 1 heterocycles. The van der Waals surface area contributed by atoms with Crippen LogP contribution in [-0.2, 0) is 9.53 Å². The van der Waals surface area contributed by atoms with Gasteiger partial charge in [0.15, 0.2) is 0 Å². The molecule has 4 N–H and O–H groups in total. The summed E-state index contributed by atoms with van der Waals surface area (Å²) >= 11 is 0. The predicted molar refractivity (Wildman–Crippen MR) is 127 cm³/mol. The van der Waals surface area contributed by atoms with Gasteiger partial charge >= 0.3 is 0 Å². The van der Waals surface area contributed by atoms with Crippen molar-refractivity contribution < 1.29 is 24.9 Å². The van der Waals surface area contributed by atoms with E-state index in [-0.39, 0.29) is 12.5 Å². The summed E-state index contributed by atoms with van der Waals surface area (Å²) < 4.78 is 6.15. The summed E-state index contributed by atoms with van der Waals surface area (Å²) in [6, 6.07) is -1.39. The van der Waals surface area contributed by atoms with E-state index in [1.807, 2.05) is 0 Å². The number of hydrogen-bond acceptors (Lipinski definition) is 6. The van der Waals surface area contributed by atoms with Crippen molar-refractivity contribution in [2.75, 3.05) is 32.9 Å². The fraction of sp³-hybridized carbons (Fsp3) is 0.962. The molecule has 0 aromatic carbocycles. The fourth-order valence-electron chi connectivity index (χ4n) is 7.75. The quantitative estimate of drug-likeness (QED) is 0.310. The number of likely N-dealkylation sites (tertiary alicyclic amines) is 1. The Balaban J connectivity index is 1.11. The van der Waals surface area contributed by atoms with Crippen LogP contribution in [0.1, 0.15) is 77.6 Å². The molecular weight excluding hydrogens is 420 g/mol. The van der Waals surface area contributed by atoms with Crippen molar-refractivity contribution in [1.29, 1.82) is 0 Å². The fourth-order valence-corrected chi connectivity index (χ4v) is 7.75. The highest BCUT2D eigenvalue weighted by Crippen LogP contribution is 2.60. The predicted octanol–water partition coefficient (Wildman–Crippen LogP) is 2.07. The number of amides is 1. The number of rotatable bonds is 13. The Kier molecular flexibility index (Phi) is 8.71. The second kappa shape index (κ2) is 11.3. The Morgan fingerprint density at radius 1 is 1.00 bits per heavy atom. The summed E-state index contributed by atoms with van der Waals surface area (Å²) in [5.41, 5.74) is 0.478. The maximum atomic E-state index is 12.7. The maximum Gasteiger partial charge on any atom is 0.240 e. The summed E-state index contributed by atoms with van der Waals surface area (Å²) in [6.07, 6.45) is 11.0. The number of nitrogens with one attached hydrogen (secondary N) is 1. The van der Waals surface area contributed by atoms with Crippen LogP contribution in [0.25, 0.3) is 0 Å². The van der Waals surface area contributed by atoms with E-state index in [9.17, 15) is 20.1 Å². The molecule has 0 unspecified atom stereocenters. The molecule has 33 heavy (non-hydrogen) atoms. The number of aliphatic hydroxyl groups is 3. The second-order valence-corrected chi connectivity index (χ2v) is 11.6. The first-order valence-electron chi connectivity index (χ1n) is 13.5. The first-order chi connectivity index (χ1) is 16.0. The smallest absolute Gasteiger partial charge is 0.240 e. The molecule has 1 amide bonds. The Hall–Kier alpha value is -0.730. The van der Waals surface area contributed by atoms with Gasteiger partial charge in [0, 0.05) is 13.2 Å². The van der Waals surface area contributed by atoms with E-state index in [2.05, 4.69) is 12.2 Å². The lowest BCUT2D eigenvalue weighted by molar-refractivity contribution is -0.129. The van der Waals surface area contributed by atoms with E-state index in [1.165, 1.54) is 38.5 Å². The Labute approximate surface area is 199 Å². The molecule has 0 radical (unpaired) electrons. The number of carbonyl (C=O) groups is 1. The van der Waals surface area contributed by atoms with Gasteiger partial charge in [-0.2, -0.15) is 0 Å². The van der Waals surface area contributed by atoms with Gasteiger partial charge in [0.05, 0.1) is 25.4 Å². The average molecular weight is 467 g/mol. The molecule has 0 spiro atoms. The molecule has 4 bridgehead atoms. The van der Waals surface area contributed by atoms with E-state index >= 15 is 0 Å². The third kappa shape index (κ3) is 5.75. The van der Waals surface area contributed by atoms with Gasteiger partial charge in [-0.3, -0.25) is 9.69 Å². The topological polar surface area (TPSA) is 102 Å². The van der Waals surface area contributed by atoms with Crippen LogP contribution in [0.3, 0.4) is 0 Å². The van der Waals surface area contributed by atoms with Gasteiger partial charge < -0.3 is 25.4 Å². The zero-order valence-corrected chi connectivity index (χ0v) is 20.5. The van der Waals surface area contributed by atoms with E-state index < -0.39 is 24.3 Å². The van der Waals surface area contributed by atoms with Crippen molar-refractivity contribution in [3.05, 3.63) is 0 Å². The lowest BCUT2D eigenvalue weighted by atomic mass is 9.50. The van der Waals surface area contributed by atoms with Gasteiger partial charge in [-0.1, -0.05) is 13.3 Å². The minimum absolute atomic E-state index is 0.258. The van der Waals surface area contributed by atoms with Crippen LogP contribution in [0, 0.1) is 23.2 Å². The molecule has 1 saturated heterocycles. The summed E-state index contributed by atoms with van der Waals surface area (Å²) in [5.74, 6) is 2.64. The van der Waals surface area contributed by atoms with E-state index in [0.29, 0.717) is 18.5 Å². The first kappa shape index (κ1) is 25.4. The molecule has 7 heteroatoms. The maximum absolute atomic E-state index is 12.7. The number of carbonyl (C=O) groups excluding carboxylic acids is 1. The number of aliphatic hydroxyl groups excluding tert-OH is 3. The second-order valence-electron chi connectivity index (χ2n) is 11.6. The molecule has 5 rings (SSSR count). The Morgan fingerprint density at radius 3 is 2.27 bits per heavy atom. The monoisotopic (exact) mass is 466 g/mol. The van der Waals surface area contributed by atoms with Gasteiger partial charge in [-0.05, 0) is 93.9 Å². The lowest BCUT2D eigenvalue weighted by Crippen LogP contribution is -2.50. The van der Waals surface area contributed by atoms with E-state index in [4.69, 9.17) is 4.74 Å². The molecule has 7 nitrogen and oxygen atoms in total. The zero-order valence-electron chi connectivity index (χ0n) is 20.5. The Bertz CT molecular complexity index is 609. The number of hydrogen-bond donors (Lipinski definition) is 4. The van der Waals surface area contributed by atoms with Gasteiger partial charge in [0.25, 0.3) is 0 Å². The summed E-state index contributed by atoms with van der Waals surface area (Å²) in [7, 11) is 0. The molecular formula is C26H46N2O5. The summed E-state index contributed by atoms with van der Waals surface area (Å²) in [5, 5.41) is 33.2. The molecule has 4 atom stereocenters. The van der Waals surface area contributed by atoms with Crippen LogP contribution < -0.4 is 5.32 Å². The molecule has 190 valence electrons. The minimum atomic E-state index is -1.17. The van der Waals surface area contributed by atoms with Gasteiger partial charge in [-0.15, -0.1) is 0 Å². The van der Waals surface area contributed by atoms with E-state index in [1.54, 1.807) is 4.90 Å². The molecule has 4 aliphatic carbocycles. The standard InChI is InChI=1S/C26H46N2O5/c1-2-3-8-28-21(16-29)23(30)24(31)22(28)25(32)27-7-5-4-6-9-33-17-26-13-18-10-19(14-26)12-20(11-18)15-26/h18-24,29-31H,2-17H2,1H3,(H,27,32)/t18?,19?,20?,21-,22-,23+,24-,26?/m1/s1. The van der Waals surface area contributed by atoms with Crippen molar-refractivity contribution in [1.82, 2.24) is 10.2 Å². The van der Waals surface area contributed by atoms with Gasteiger partial charge in [-0.25, -0.2) is 0 Å². The first-order valence-corrected chi connectivity index (χ1v) is 13.5. The van der Waals surface area contributed by atoms with Gasteiger partial charge in [0.1, 0.15) is 12.1 Å². The van der Waals surface area contributed by atoms with Crippen molar-refractivity contribution in [3.63, 3.8) is 0 Å². The molecule has 4 saturated carbocycles. The van der Waals surface area contributed by atoms with Crippen molar-refractivity contribution >= 4 is 5.91 Å². The molecule has 5 fully saturated rings. The normalized spacial score (nSPS) is 39.9. The number of nitrogens with zero attached hydrogens (tertiary/aromatic N) is 1. The van der Waals surface area contributed by atoms with Crippen molar-refractivity contribution in [2.45, 2.75) is 102 Å². The van der Waals surface area contributed by atoms with Gasteiger partial charge in [0.2, 0.25) is 5.91 Å². The minimum Gasteiger partial charge on any atom is -0.395 e. The molecule has 5 aliphatic rings. The third-order valence-corrected chi connectivity index (χ3v) is 8.91. The van der Waals surface area contributed by atoms with Crippen LogP contribution >= 0.6 is 0 Å². The lowest BCUT2D eigenvalue weighted by Gasteiger charge is -2.56. The Morgan fingerprint density at radius 2 is 1.67 bits per heavy atom. The summed E-state index contributed by atoms with van der Waals surface area (Å²) in [4.78, 5) is 14.5. The van der Waals surface area contributed by atoms with Crippen LogP contribution in [0.5, 0.6) is 0 Å². The van der Waals surface area contributed by atoms with E-state index in [0.717, 1.165) is 63.1 Å². The third-order valence-electron chi connectivity index (χ3n) is 8.91. The highest BCUT2D eigenvalue weighted by atomic mass is 16.5. The van der Waals surface area contributed by atoms with Crippen molar-refractivity contribution in [3.8, 4) is 0 Å². The van der Waals surface area contributed by atoms with Crippen LogP contribution in [-0.4, -0.2) is 83.3 Å². The average Bonchev–Trinajstić information content (AvgIpc) is 3.02. The van der Waals surface area contributed by atoms with Crippen LogP contribution in [0.15, 0.2) is 0 Å². The number of ether oxygens (including phenoxy) is 1. The highest BCUT2D eigenvalue weighted by molar-refractivity contribution is 5.83. The SMILES string of the molecule is CCCCN1[C@H](CO)[C@H](O)[C@H](O)[C@@H]1C(=O)NCCCCCOCC12CC3CC(CC(C3)C1)C2. The molecule has 1 aliphatic heterocycles. The van der Waals surface area contributed by atoms with Crippen molar-refractivity contribution in [2.24, 2.45) is 23.2 Å². The molecule has 0 aromatic rings.